The number of aryl methyl sites for hydroxylation is 1. The van der Waals surface area contributed by atoms with Crippen molar-refractivity contribution < 1.29 is 28.5 Å². The van der Waals surface area contributed by atoms with Crippen molar-refractivity contribution in [3.8, 4) is 11.5 Å². The van der Waals surface area contributed by atoms with Gasteiger partial charge in [0.25, 0.3) is 5.91 Å². The Hall–Kier alpha value is -3.13. The van der Waals surface area contributed by atoms with E-state index in [9.17, 15) is 9.59 Å². The predicted octanol–water partition coefficient (Wildman–Crippen LogP) is 2.77. The molecule has 31 heavy (non-hydrogen) atoms. The number of carbonyl (C=O) groups is 2. The molecular weight excluding hydrogens is 400 g/mol. The van der Waals surface area contributed by atoms with Crippen LogP contribution in [0.25, 0.3) is 0 Å². The molecule has 164 valence electrons. The van der Waals surface area contributed by atoms with Gasteiger partial charge in [-0.1, -0.05) is 6.07 Å². The van der Waals surface area contributed by atoms with Crippen molar-refractivity contribution in [3.05, 3.63) is 52.8 Å². The summed E-state index contributed by atoms with van der Waals surface area (Å²) in [7, 11) is 0. The number of benzene rings is 1. The van der Waals surface area contributed by atoms with Gasteiger partial charge in [0.05, 0.1) is 17.9 Å². The molecule has 0 atom stereocenters. The van der Waals surface area contributed by atoms with Gasteiger partial charge in [0, 0.05) is 25.2 Å². The molecule has 2 aromatic rings. The first-order chi connectivity index (χ1) is 15.0. The number of hydrogen-bond acceptors (Lipinski definition) is 7. The minimum Gasteiger partial charge on any atom is -0.462 e. The van der Waals surface area contributed by atoms with Gasteiger partial charge < -0.3 is 24.3 Å². The highest BCUT2D eigenvalue weighted by atomic mass is 16.7. The van der Waals surface area contributed by atoms with E-state index in [2.05, 4.69) is 10.3 Å². The van der Waals surface area contributed by atoms with E-state index in [1.807, 2.05) is 18.2 Å². The Labute approximate surface area is 180 Å². The van der Waals surface area contributed by atoms with E-state index < -0.39 is 5.97 Å². The Morgan fingerprint density at radius 2 is 1.90 bits per heavy atom. The smallest absolute Gasteiger partial charge is 0.339 e. The standard InChI is InChI=1S/C23H26N2O6/c1-3-29-22(27)17-5-6-18(25-15(17)2)21(26)24-13-23(8-10-28-11-9-23)16-4-7-19-20(12-16)31-14-30-19/h4-7,12H,3,8-11,13-14H2,1-2H3,(H,24,26). The molecule has 1 saturated heterocycles. The first-order valence-electron chi connectivity index (χ1n) is 10.4. The van der Waals surface area contributed by atoms with Gasteiger partial charge in [0.1, 0.15) is 5.69 Å². The zero-order valence-electron chi connectivity index (χ0n) is 17.7. The van der Waals surface area contributed by atoms with Crippen molar-refractivity contribution in [2.24, 2.45) is 0 Å². The molecule has 0 spiro atoms. The van der Waals surface area contributed by atoms with Crippen LogP contribution in [0, 0.1) is 6.92 Å². The maximum Gasteiger partial charge on any atom is 0.339 e. The number of amides is 1. The molecule has 0 aliphatic carbocycles. The van der Waals surface area contributed by atoms with Crippen molar-refractivity contribution in [1.82, 2.24) is 10.3 Å². The Kier molecular flexibility index (Phi) is 6.08. The van der Waals surface area contributed by atoms with Gasteiger partial charge >= 0.3 is 5.97 Å². The second-order valence-corrected chi connectivity index (χ2v) is 7.69. The fourth-order valence-corrected chi connectivity index (χ4v) is 4.01. The van der Waals surface area contributed by atoms with Gasteiger partial charge in [-0.05, 0) is 56.5 Å². The maximum atomic E-state index is 12.8. The SMILES string of the molecule is CCOC(=O)c1ccc(C(=O)NCC2(c3ccc4c(c3)OCO4)CCOCC2)nc1C. The molecule has 2 aliphatic heterocycles. The Morgan fingerprint density at radius 3 is 2.65 bits per heavy atom. The normalized spacial score (nSPS) is 16.6. The third-order valence-electron chi connectivity index (χ3n) is 5.84. The molecule has 1 fully saturated rings. The molecule has 8 nitrogen and oxygen atoms in total. The van der Waals surface area contributed by atoms with Crippen molar-refractivity contribution in [2.75, 3.05) is 33.2 Å². The number of carbonyl (C=O) groups excluding carboxylic acids is 2. The molecule has 1 N–H and O–H groups in total. The lowest BCUT2D eigenvalue weighted by molar-refractivity contribution is 0.0486. The third kappa shape index (κ3) is 4.34. The molecule has 4 rings (SSSR count). The molecule has 2 aliphatic rings. The van der Waals surface area contributed by atoms with E-state index in [-0.39, 0.29) is 30.4 Å². The molecule has 0 saturated carbocycles. The van der Waals surface area contributed by atoms with Crippen molar-refractivity contribution >= 4 is 11.9 Å². The highest BCUT2D eigenvalue weighted by Crippen LogP contribution is 2.40. The molecule has 1 amide bonds. The Bertz CT molecular complexity index is 984. The number of nitrogens with zero attached hydrogens (tertiary/aromatic N) is 1. The van der Waals surface area contributed by atoms with Crippen molar-refractivity contribution in [1.29, 1.82) is 0 Å². The number of nitrogens with one attached hydrogen (secondary N) is 1. The highest BCUT2D eigenvalue weighted by molar-refractivity contribution is 5.95. The van der Waals surface area contributed by atoms with E-state index in [1.165, 1.54) is 0 Å². The summed E-state index contributed by atoms with van der Waals surface area (Å²) in [6, 6.07) is 9.07. The van der Waals surface area contributed by atoms with Gasteiger partial charge in [-0.25, -0.2) is 9.78 Å². The summed E-state index contributed by atoms with van der Waals surface area (Å²) >= 11 is 0. The van der Waals surface area contributed by atoms with E-state index in [0.29, 0.717) is 31.0 Å². The first kappa shape index (κ1) is 21.1. The summed E-state index contributed by atoms with van der Waals surface area (Å²) in [5, 5.41) is 3.03. The van der Waals surface area contributed by atoms with Gasteiger partial charge in [-0.2, -0.15) is 0 Å². The molecule has 0 radical (unpaired) electrons. The average Bonchev–Trinajstić information content (AvgIpc) is 3.26. The molecular formula is C23H26N2O6. The molecule has 1 aromatic heterocycles. The number of pyridine rings is 1. The maximum absolute atomic E-state index is 12.8. The zero-order chi connectivity index (χ0) is 21.8. The lowest BCUT2D eigenvalue weighted by Crippen LogP contribution is -2.44. The zero-order valence-corrected chi connectivity index (χ0v) is 17.7. The summed E-state index contributed by atoms with van der Waals surface area (Å²) in [6.07, 6.45) is 1.56. The fourth-order valence-electron chi connectivity index (χ4n) is 4.01. The van der Waals surface area contributed by atoms with Crippen LogP contribution < -0.4 is 14.8 Å². The number of fused-ring (bicyclic) bond motifs is 1. The summed E-state index contributed by atoms with van der Waals surface area (Å²) in [5.74, 6) is 0.728. The largest absolute Gasteiger partial charge is 0.462 e. The molecule has 1 aromatic carbocycles. The van der Waals surface area contributed by atoms with Crippen LogP contribution in [0.3, 0.4) is 0 Å². The number of hydrogen-bond donors (Lipinski definition) is 1. The monoisotopic (exact) mass is 426 g/mol. The second-order valence-electron chi connectivity index (χ2n) is 7.69. The fraction of sp³-hybridized carbons (Fsp3) is 0.435. The predicted molar refractivity (Wildman–Crippen MR) is 112 cm³/mol. The van der Waals surface area contributed by atoms with Crippen molar-refractivity contribution in [2.45, 2.75) is 32.1 Å². The Balaban J connectivity index is 1.51. The van der Waals surface area contributed by atoms with Crippen LogP contribution in [0.1, 0.15) is 51.9 Å². The number of esters is 1. The van der Waals surface area contributed by atoms with Crippen LogP contribution in [-0.4, -0.2) is 50.0 Å². The molecule has 3 heterocycles. The van der Waals surface area contributed by atoms with Crippen LogP contribution in [0.5, 0.6) is 11.5 Å². The lowest BCUT2D eigenvalue weighted by Gasteiger charge is -2.38. The Morgan fingerprint density at radius 1 is 1.13 bits per heavy atom. The third-order valence-corrected chi connectivity index (χ3v) is 5.84. The lowest BCUT2D eigenvalue weighted by atomic mass is 9.74. The van der Waals surface area contributed by atoms with Crippen molar-refractivity contribution in [3.63, 3.8) is 0 Å². The van der Waals surface area contributed by atoms with Crippen LogP contribution >= 0.6 is 0 Å². The van der Waals surface area contributed by atoms with Crippen LogP contribution in [0.4, 0.5) is 0 Å². The highest BCUT2D eigenvalue weighted by Gasteiger charge is 2.36. The van der Waals surface area contributed by atoms with Crippen LogP contribution in [-0.2, 0) is 14.9 Å². The number of aromatic nitrogens is 1. The molecule has 0 bridgehead atoms. The summed E-state index contributed by atoms with van der Waals surface area (Å²) in [6.45, 7) is 5.62. The van der Waals surface area contributed by atoms with Gasteiger partial charge in [0.2, 0.25) is 6.79 Å². The second kappa shape index (κ2) is 8.93. The van der Waals surface area contributed by atoms with Gasteiger partial charge in [-0.3, -0.25) is 4.79 Å². The topological polar surface area (TPSA) is 96.0 Å². The van der Waals surface area contributed by atoms with E-state index >= 15 is 0 Å². The first-order valence-corrected chi connectivity index (χ1v) is 10.4. The molecule has 0 unspecified atom stereocenters. The quantitative estimate of drug-likeness (QED) is 0.710. The van der Waals surface area contributed by atoms with Gasteiger partial charge in [0.15, 0.2) is 11.5 Å². The summed E-state index contributed by atoms with van der Waals surface area (Å²) in [5.41, 5.74) is 1.90. The summed E-state index contributed by atoms with van der Waals surface area (Å²) in [4.78, 5) is 29.1. The van der Waals surface area contributed by atoms with E-state index in [4.69, 9.17) is 18.9 Å². The van der Waals surface area contributed by atoms with Gasteiger partial charge in [-0.15, -0.1) is 0 Å². The number of ether oxygens (including phenoxy) is 4. The van der Waals surface area contributed by atoms with E-state index in [0.717, 1.165) is 29.9 Å². The molecule has 8 heteroatoms. The minimum atomic E-state index is -0.441. The number of rotatable bonds is 6. The summed E-state index contributed by atoms with van der Waals surface area (Å²) < 4.78 is 21.6. The van der Waals surface area contributed by atoms with Crippen LogP contribution in [0.15, 0.2) is 30.3 Å². The minimum absolute atomic E-state index is 0.221. The van der Waals surface area contributed by atoms with Crippen LogP contribution in [0.2, 0.25) is 0 Å². The average molecular weight is 426 g/mol. The van der Waals surface area contributed by atoms with E-state index in [1.54, 1.807) is 26.0 Å².